The van der Waals surface area contributed by atoms with Gasteiger partial charge in [-0.15, -0.1) is 0 Å². The molecular formula is C14H22N4O3. The van der Waals surface area contributed by atoms with E-state index in [9.17, 15) is 9.59 Å². The summed E-state index contributed by atoms with van der Waals surface area (Å²) >= 11 is 0. The number of nitrogens with two attached hydrogens (primary N) is 1. The number of amides is 1. The molecule has 1 aliphatic rings. The van der Waals surface area contributed by atoms with Crippen LogP contribution < -0.4 is 5.73 Å². The number of carboxylic acid groups (broad SMARTS) is 1. The molecule has 2 rings (SSSR count). The van der Waals surface area contributed by atoms with Gasteiger partial charge in [-0.25, -0.2) is 0 Å². The van der Waals surface area contributed by atoms with Crippen molar-refractivity contribution < 1.29 is 14.7 Å². The van der Waals surface area contributed by atoms with Gasteiger partial charge in [0.15, 0.2) is 0 Å². The van der Waals surface area contributed by atoms with Crippen LogP contribution in [-0.4, -0.2) is 44.8 Å². The van der Waals surface area contributed by atoms with E-state index in [0.717, 1.165) is 12.8 Å². The van der Waals surface area contributed by atoms with Gasteiger partial charge in [-0.1, -0.05) is 0 Å². The summed E-state index contributed by atoms with van der Waals surface area (Å²) < 4.78 is 1.62. The van der Waals surface area contributed by atoms with E-state index in [1.807, 2.05) is 0 Å². The summed E-state index contributed by atoms with van der Waals surface area (Å²) in [4.78, 5) is 24.8. The molecule has 2 heterocycles. The Labute approximate surface area is 123 Å². The molecule has 0 aromatic carbocycles. The number of rotatable bonds is 5. The highest BCUT2D eigenvalue weighted by Gasteiger charge is 2.28. The van der Waals surface area contributed by atoms with Gasteiger partial charge in [0.05, 0.1) is 6.20 Å². The molecule has 7 nitrogen and oxygen atoms in total. The lowest BCUT2D eigenvalue weighted by Gasteiger charge is -2.34. The van der Waals surface area contributed by atoms with Crippen molar-refractivity contribution in [1.29, 1.82) is 0 Å². The first kappa shape index (κ1) is 15.5. The van der Waals surface area contributed by atoms with Gasteiger partial charge in [-0.3, -0.25) is 14.3 Å². The minimum Gasteiger partial charge on any atom is -0.481 e. The molecule has 21 heavy (non-hydrogen) atoms. The highest BCUT2D eigenvalue weighted by molar-refractivity contribution is 5.83. The van der Waals surface area contributed by atoms with Crippen LogP contribution in [0.2, 0.25) is 0 Å². The summed E-state index contributed by atoms with van der Waals surface area (Å²) in [5, 5.41) is 12.8. The van der Waals surface area contributed by atoms with Gasteiger partial charge >= 0.3 is 5.97 Å². The molecule has 1 fully saturated rings. The fourth-order valence-corrected chi connectivity index (χ4v) is 2.77. The summed E-state index contributed by atoms with van der Waals surface area (Å²) in [5.74, 6) is -0.645. The number of carboxylic acids is 1. The van der Waals surface area contributed by atoms with Crippen LogP contribution in [0.4, 0.5) is 0 Å². The third kappa shape index (κ3) is 4.04. The number of aliphatic carboxylic acids is 1. The number of likely N-dealkylation sites (tertiary alicyclic amines) is 1. The Morgan fingerprint density at radius 1 is 1.57 bits per heavy atom. The van der Waals surface area contributed by atoms with E-state index >= 15 is 0 Å². The van der Waals surface area contributed by atoms with Gasteiger partial charge < -0.3 is 15.7 Å². The van der Waals surface area contributed by atoms with E-state index in [0.29, 0.717) is 25.1 Å². The first-order chi connectivity index (χ1) is 9.97. The fraction of sp³-hybridized carbons (Fsp3) is 0.643. The van der Waals surface area contributed by atoms with Crippen molar-refractivity contribution in [2.45, 2.75) is 31.7 Å². The highest BCUT2D eigenvalue weighted by Crippen LogP contribution is 2.23. The lowest BCUT2D eigenvalue weighted by atomic mass is 9.93. The zero-order valence-corrected chi connectivity index (χ0v) is 12.2. The Morgan fingerprint density at radius 3 is 2.95 bits per heavy atom. The van der Waals surface area contributed by atoms with Crippen molar-refractivity contribution >= 4 is 11.9 Å². The van der Waals surface area contributed by atoms with Crippen molar-refractivity contribution in [3.05, 3.63) is 18.0 Å². The number of aromatic nitrogens is 2. The van der Waals surface area contributed by atoms with Crippen LogP contribution in [0.5, 0.6) is 0 Å². The smallest absolute Gasteiger partial charge is 0.303 e. The molecule has 0 spiro atoms. The molecule has 1 aromatic rings. The molecule has 2 unspecified atom stereocenters. The van der Waals surface area contributed by atoms with Crippen LogP contribution in [-0.2, 0) is 16.6 Å². The third-order valence-corrected chi connectivity index (χ3v) is 3.95. The lowest BCUT2D eigenvalue weighted by molar-refractivity contribution is -0.137. The summed E-state index contributed by atoms with van der Waals surface area (Å²) in [6.45, 7) is 1.29. The molecule has 1 amide bonds. The Hall–Kier alpha value is -1.89. The Kier molecular flexibility index (Phi) is 4.95. The maximum absolute atomic E-state index is 12.4. The molecule has 7 heteroatoms. The molecular weight excluding hydrogens is 272 g/mol. The van der Waals surface area contributed by atoms with Crippen LogP contribution in [0, 0.1) is 5.92 Å². The molecule has 0 aliphatic carbocycles. The molecule has 0 bridgehead atoms. The van der Waals surface area contributed by atoms with Gasteiger partial charge in [0.25, 0.3) is 0 Å². The molecule has 0 saturated carbocycles. The van der Waals surface area contributed by atoms with Gasteiger partial charge in [-0.05, 0) is 25.2 Å². The molecule has 1 saturated heterocycles. The molecule has 1 aliphatic heterocycles. The van der Waals surface area contributed by atoms with Crippen LogP contribution in [0.15, 0.2) is 12.4 Å². The van der Waals surface area contributed by atoms with Gasteiger partial charge in [0, 0.05) is 38.3 Å². The number of aryl methyl sites for hydroxylation is 1. The normalized spacial score (nSPS) is 20.3. The Bertz CT molecular complexity index is 514. The average molecular weight is 294 g/mol. The van der Waals surface area contributed by atoms with Crippen LogP contribution in [0.25, 0.3) is 0 Å². The van der Waals surface area contributed by atoms with Gasteiger partial charge in [-0.2, -0.15) is 5.10 Å². The van der Waals surface area contributed by atoms with E-state index < -0.39 is 12.0 Å². The lowest BCUT2D eigenvalue weighted by Crippen LogP contribution is -2.44. The second-order valence-electron chi connectivity index (χ2n) is 5.65. The van der Waals surface area contributed by atoms with E-state index in [1.165, 1.54) is 0 Å². The number of piperidine rings is 1. The predicted molar refractivity (Wildman–Crippen MR) is 76.3 cm³/mol. The van der Waals surface area contributed by atoms with Crippen molar-refractivity contribution in [2.24, 2.45) is 18.7 Å². The average Bonchev–Trinajstić information content (AvgIpc) is 2.90. The zero-order valence-electron chi connectivity index (χ0n) is 12.2. The first-order valence-corrected chi connectivity index (χ1v) is 7.22. The van der Waals surface area contributed by atoms with E-state index in [1.54, 1.807) is 29.0 Å². The SMILES string of the molecule is Cn1cc(C(N)C(=O)N2CCCC(CCC(=O)O)C2)cn1. The predicted octanol–water partition coefficient (Wildman–Crippen LogP) is 0.523. The van der Waals surface area contributed by atoms with E-state index in [4.69, 9.17) is 10.8 Å². The second kappa shape index (κ2) is 6.71. The number of carbonyl (C=O) groups excluding carboxylic acids is 1. The van der Waals surface area contributed by atoms with Crippen LogP contribution in [0.3, 0.4) is 0 Å². The monoisotopic (exact) mass is 294 g/mol. The first-order valence-electron chi connectivity index (χ1n) is 7.22. The maximum atomic E-state index is 12.4. The summed E-state index contributed by atoms with van der Waals surface area (Å²) in [6, 6.07) is -0.697. The largest absolute Gasteiger partial charge is 0.481 e. The number of carbonyl (C=O) groups is 2. The topological polar surface area (TPSA) is 101 Å². The van der Waals surface area contributed by atoms with Crippen molar-refractivity contribution in [1.82, 2.24) is 14.7 Å². The third-order valence-electron chi connectivity index (χ3n) is 3.95. The molecule has 2 atom stereocenters. The van der Waals surface area contributed by atoms with Gasteiger partial charge in [0.1, 0.15) is 6.04 Å². The summed E-state index contributed by atoms with van der Waals surface area (Å²) in [5.41, 5.74) is 6.72. The second-order valence-corrected chi connectivity index (χ2v) is 5.65. The quantitative estimate of drug-likeness (QED) is 0.824. The van der Waals surface area contributed by atoms with Crippen molar-refractivity contribution in [3.63, 3.8) is 0 Å². The van der Waals surface area contributed by atoms with E-state index in [2.05, 4.69) is 5.10 Å². The summed E-state index contributed by atoms with van der Waals surface area (Å²) in [7, 11) is 1.78. The Balaban J connectivity index is 1.93. The number of nitrogens with zero attached hydrogens (tertiary/aromatic N) is 3. The van der Waals surface area contributed by atoms with Gasteiger partial charge in [0.2, 0.25) is 5.91 Å². The van der Waals surface area contributed by atoms with Crippen LogP contribution in [0.1, 0.15) is 37.3 Å². The molecule has 0 radical (unpaired) electrons. The molecule has 116 valence electrons. The van der Waals surface area contributed by atoms with Crippen LogP contribution >= 0.6 is 0 Å². The zero-order chi connectivity index (χ0) is 15.4. The highest BCUT2D eigenvalue weighted by atomic mass is 16.4. The van der Waals surface area contributed by atoms with Crippen molar-refractivity contribution in [3.8, 4) is 0 Å². The van der Waals surface area contributed by atoms with Crippen molar-refractivity contribution in [2.75, 3.05) is 13.1 Å². The molecule has 3 N–H and O–H groups in total. The number of hydrogen-bond acceptors (Lipinski definition) is 4. The molecule has 1 aromatic heterocycles. The maximum Gasteiger partial charge on any atom is 0.303 e. The Morgan fingerprint density at radius 2 is 2.33 bits per heavy atom. The fourth-order valence-electron chi connectivity index (χ4n) is 2.77. The minimum absolute atomic E-state index is 0.108. The van der Waals surface area contributed by atoms with E-state index in [-0.39, 0.29) is 18.2 Å². The number of hydrogen-bond donors (Lipinski definition) is 2. The standard InChI is InChI=1S/C14H22N4O3/c1-17-9-11(7-16-17)13(15)14(21)18-6-2-3-10(8-18)4-5-12(19)20/h7,9-10,13H,2-6,8,15H2,1H3,(H,19,20). The summed E-state index contributed by atoms with van der Waals surface area (Å²) in [6.07, 6.45) is 5.99. The minimum atomic E-state index is -0.787.